The first-order chi connectivity index (χ1) is 15.4. The third-order valence-electron chi connectivity index (χ3n) is 4.52. The van der Waals surface area contributed by atoms with Crippen LogP contribution in [0, 0.1) is 0 Å². The van der Waals surface area contributed by atoms with Gasteiger partial charge < -0.3 is 0 Å². The Morgan fingerprint density at radius 1 is 1.15 bits per heavy atom. The van der Waals surface area contributed by atoms with E-state index in [1.807, 2.05) is 4.72 Å². The van der Waals surface area contributed by atoms with Crippen molar-refractivity contribution in [2.24, 2.45) is 7.05 Å². The van der Waals surface area contributed by atoms with E-state index in [1.54, 1.807) is 0 Å². The van der Waals surface area contributed by atoms with Gasteiger partial charge in [0.25, 0.3) is 21.5 Å². The summed E-state index contributed by atoms with van der Waals surface area (Å²) in [6.45, 7) is 0. The number of thiophene rings is 1. The van der Waals surface area contributed by atoms with E-state index in [9.17, 15) is 36.0 Å². The van der Waals surface area contributed by atoms with Gasteiger partial charge in [-0.25, -0.2) is 22.5 Å². The summed E-state index contributed by atoms with van der Waals surface area (Å²) in [6.07, 6.45) is -4.91. The Bertz CT molecular complexity index is 1620. The van der Waals surface area contributed by atoms with Gasteiger partial charge in [-0.3, -0.25) is 14.2 Å². The van der Waals surface area contributed by atoms with Crippen LogP contribution in [-0.4, -0.2) is 27.8 Å². The molecular weight excluding hydrogens is 505 g/mol. The average molecular weight is 517 g/mol. The van der Waals surface area contributed by atoms with Crippen LogP contribution in [0.1, 0.15) is 16.2 Å². The third-order valence-corrected chi connectivity index (χ3v) is 8.08. The quantitative estimate of drug-likeness (QED) is 0.445. The lowest BCUT2D eigenvalue weighted by Gasteiger charge is -2.14. The smallest absolute Gasteiger partial charge is 0.292 e. The van der Waals surface area contributed by atoms with E-state index in [0.717, 1.165) is 29.9 Å². The van der Waals surface area contributed by atoms with Gasteiger partial charge in [-0.1, -0.05) is 6.07 Å². The summed E-state index contributed by atoms with van der Waals surface area (Å²) in [5.41, 5.74) is -4.28. The zero-order valence-electron chi connectivity index (χ0n) is 16.3. The molecule has 1 aromatic carbocycles. The highest BCUT2D eigenvalue weighted by Gasteiger charge is 2.35. The molecular formula is C18H11F3N4O5S3. The molecule has 172 valence electrons. The van der Waals surface area contributed by atoms with Crippen LogP contribution in [-0.2, 0) is 23.2 Å². The van der Waals surface area contributed by atoms with Crippen LogP contribution in [0.25, 0.3) is 15.8 Å². The van der Waals surface area contributed by atoms with E-state index >= 15 is 0 Å². The van der Waals surface area contributed by atoms with Crippen molar-refractivity contribution in [1.29, 1.82) is 0 Å². The maximum Gasteiger partial charge on any atom is 0.431 e. The Morgan fingerprint density at radius 2 is 1.88 bits per heavy atom. The molecule has 0 unspecified atom stereocenters. The predicted molar refractivity (Wildman–Crippen MR) is 114 cm³/mol. The summed E-state index contributed by atoms with van der Waals surface area (Å²) >= 11 is 1.77. The van der Waals surface area contributed by atoms with Crippen LogP contribution >= 0.6 is 22.9 Å². The lowest BCUT2D eigenvalue weighted by Crippen LogP contribution is -2.40. The van der Waals surface area contributed by atoms with Crippen molar-refractivity contribution in [3.63, 3.8) is 0 Å². The highest BCUT2D eigenvalue weighted by molar-refractivity contribution is 7.92. The van der Waals surface area contributed by atoms with Gasteiger partial charge in [0.2, 0.25) is 0 Å². The average Bonchev–Trinajstić information content (AvgIpc) is 3.39. The Labute approximate surface area is 190 Å². The van der Waals surface area contributed by atoms with Crippen LogP contribution in [0.2, 0.25) is 0 Å². The number of alkyl halides is 3. The number of nitrogens with one attached hydrogen (secondary N) is 1. The molecule has 3 heterocycles. The molecule has 0 atom stereocenters. The number of aromatic nitrogens is 3. The Kier molecular flexibility index (Phi) is 5.50. The number of fused-ring (bicyclic) bond motifs is 1. The number of sulfonamides is 1. The highest BCUT2D eigenvalue weighted by Crippen LogP contribution is 2.28. The van der Waals surface area contributed by atoms with E-state index in [2.05, 4.69) is 4.37 Å². The van der Waals surface area contributed by atoms with Crippen molar-refractivity contribution >= 4 is 48.9 Å². The molecule has 0 aliphatic carbocycles. The zero-order valence-corrected chi connectivity index (χ0v) is 18.7. The van der Waals surface area contributed by atoms with E-state index in [1.165, 1.54) is 35.7 Å². The van der Waals surface area contributed by atoms with Crippen LogP contribution < -0.4 is 16.0 Å². The molecule has 0 radical (unpaired) electrons. The van der Waals surface area contributed by atoms with E-state index in [-0.39, 0.29) is 21.0 Å². The summed E-state index contributed by atoms with van der Waals surface area (Å²) < 4.78 is 70.9. The van der Waals surface area contributed by atoms with Gasteiger partial charge >= 0.3 is 11.9 Å². The number of benzene rings is 1. The number of hydrogen-bond acceptors (Lipinski definition) is 8. The van der Waals surface area contributed by atoms with Gasteiger partial charge in [-0.15, -0.1) is 11.3 Å². The monoisotopic (exact) mass is 516 g/mol. The van der Waals surface area contributed by atoms with E-state index < -0.39 is 39.0 Å². The molecule has 9 nitrogen and oxygen atoms in total. The van der Waals surface area contributed by atoms with Crippen LogP contribution in [0.5, 0.6) is 0 Å². The Morgan fingerprint density at radius 3 is 2.52 bits per heavy atom. The normalized spacial score (nSPS) is 12.2. The topological polar surface area (TPSA) is 120 Å². The number of hydrogen-bond donors (Lipinski definition) is 1. The molecule has 4 rings (SSSR count). The van der Waals surface area contributed by atoms with E-state index in [4.69, 9.17) is 0 Å². The molecule has 4 aromatic rings. The number of rotatable bonds is 4. The summed E-state index contributed by atoms with van der Waals surface area (Å²) in [6, 6.07) is 7.03. The molecule has 0 bridgehead atoms. The maximum absolute atomic E-state index is 13.1. The minimum absolute atomic E-state index is 0.0872. The first kappa shape index (κ1) is 22.9. The van der Waals surface area contributed by atoms with Crippen molar-refractivity contribution in [1.82, 2.24) is 18.2 Å². The highest BCUT2D eigenvalue weighted by atomic mass is 32.2. The molecule has 15 heteroatoms. The number of carbonyl (C=O) groups excluding carboxylic acids is 1. The molecule has 1 amide bonds. The second-order valence-corrected chi connectivity index (χ2v) is 10.3. The molecule has 0 aliphatic rings. The van der Waals surface area contributed by atoms with Crippen LogP contribution in [0.3, 0.4) is 0 Å². The SMILES string of the molecule is Cn1c(C(F)(F)F)cc(=O)n(-c2ccc3snc(C(=O)NS(=O)(=O)c4cccs4)c3c2)c1=O. The summed E-state index contributed by atoms with van der Waals surface area (Å²) in [4.78, 5) is 37.5. The van der Waals surface area contributed by atoms with Crippen molar-refractivity contribution in [3.8, 4) is 5.69 Å². The minimum Gasteiger partial charge on any atom is -0.292 e. The fraction of sp³-hybridized carbons (Fsp3) is 0.111. The lowest BCUT2D eigenvalue weighted by molar-refractivity contribution is -0.144. The largest absolute Gasteiger partial charge is 0.431 e. The Balaban J connectivity index is 1.80. The number of nitrogens with zero attached hydrogens (tertiary/aromatic N) is 3. The summed E-state index contributed by atoms with van der Waals surface area (Å²) in [7, 11) is -3.27. The minimum atomic E-state index is -4.91. The van der Waals surface area contributed by atoms with Crippen molar-refractivity contribution in [2.75, 3.05) is 0 Å². The molecule has 1 N–H and O–H groups in total. The third kappa shape index (κ3) is 4.09. The summed E-state index contributed by atoms with van der Waals surface area (Å²) in [5.74, 6) is -1.04. The molecule has 0 saturated heterocycles. The molecule has 0 fully saturated rings. The van der Waals surface area contributed by atoms with Crippen molar-refractivity contribution < 1.29 is 26.4 Å². The van der Waals surface area contributed by atoms with Crippen molar-refractivity contribution in [3.05, 3.63) is 74.0 Å². The maximum atomic E-state index is 13.1. The number of halogens is 3. The van der Waals surface area contributed by atoms with Gasteiger partial charge in [0.1, 0.15) is 9.90 Å². The van der Waals surface area contributed by atoms with Gasteiger partial charge in [0.15, 0.2) is 5.69 Å². The number of carbonyl (C=O) groups is 1. The van der Waals surface area contributed by atoms with Crippen LogP contribution in [0.4, 0.5) is 13.2 Å². The molecule has 0 aliphatic heterocycles. The summed E-state index contributed by atoms with van der Waals surface area (Å²) in [5, 5.41) is 1.64. The van der Waals surface area contributed by atoms with E-state index in [0.29, 0.717) is 19.9 Å². The second-order valence-electron chi connectivity index (χ2n) is 6.62. The van der Waals surface area contributed by atoms with Gasteiger partial charge in [0, 0.05) is 18.5 Å². The Hall–Kier alpha value is -3.30. The lowest BCUT2D eigenvalue weighted by atomic mass is 10.2. The molecule has 3 aromatic heterocycles. The molecule has 0 saturated carbocycles. The second kappa shape index (κ2) is 7.93. The standard InChI is InChI=1S/C18H11F3N4O5S3/c1-24-12(18(19,20)21)8-13(26)25(17(24)28)9-4-5-11-10(7-9)15(22-32-11)16(27)23-33(29,30)14-3-2-6-31-14/h2-8H,1H3,(H,23,27). The first-order valence-electron chi connectivity index (χ1n) is 8.81. The van der Waals surface area contributed by atoms with Crippen molar-refractivity contribution in [2.45, 2.75) is 10.4 Å². The predicted octanol–water partition coefficient (Wildman–Crippen LogP) is 2.34. The fourth-order valence-corrected chi connectivity index (χ4v) is 5.70. The van der Waals surface area contributed by atoms with Gasteiger partial charge in [0.05, 0.1) is 10.4 Å². The molecule has 0 spiro atoms. The molecule has 33 heavy (non-hydrogen) atoms. The van der Waals surface area contributed by atoms with Gasteiger partial charge in [-0.05, 0) is 41.2 Å². The zero-order chi connectivity index (χ0) is 24.1. The van der Waals surface area contributed by atoms with Crippen LogP contribution in [0.15, 0.2) is 55.6 Å². The first-order valence-corrected chi connectivity index (χ1v) is 11.9. The number of amides is 1. The van der Waals surface area contributed by atoms with Gasteiger partial charge in [-0.2, -0.15) is 17.5 Å². The fourth-order valence-electron chi connectivity index (χ4n) is 3.00.